The molecule has 1 N–H and O–H groups in total. The number of unbranched alkanes of at least 4 members (excludes halogenated alkanes) is 1. The summed E-state index contributed by atoms with van der Waals surface area (Å²) in [5.41, 5.74) is 1.28. The van der Waals surface area contributed by atoms with E-state index in [0.29, 0.717) is 0 Å². The molecule has 2 heteroatoms. The molecule has 1 aromatic carbocycles. The zero-order valence-corrected chi connectivity index (χ0v) is 9.44. The van der Waals surface area contributed by atoms with Crippen LogP contribution in [-0.2, 0) is 6.54 Å². The largest absolute Gasteiger partial charge is 0.376 e. The molecule has 0 fully saturated rings. The number of nitrogens with one attached hydrogen (secondary N) is 1. The predicted octanol–water partition coefficient (Wildman–Crippen LogP) is 3.29. The van der Waals surface area contributed by atoms with Crippen molar-refractivity contribution >= 4 is 17.2 Å². The molecule has 0 aliphatic rings. The van der Waals surface area contributed by atoms with Crippen LogP contribution in [0.5, 0.6) is 0 Å². The lowest BCUT2D eigenvalue weighted by molar-refractivity contribution is 0.806. The van der Waals surface area contributed by atoms with Crippen molar-refractivity contribution in [2.75, 3.05) is 0 Å². The quantitative estimate of drug-likeness (QED) is 0.744. The van der Waals surface area contributed by atoms with Crippen LogP contribution in [-0.4, -0.2) is 4.99 Å². The van der Waals surface area contributed by atoms with Crippen LogP contribution in [0.15, 0.2) is 30.3 Å². The first kappa shape index (κ1) is 11.2. The van der Waals surface area contributed by atoms with Gasteiger partial charge in [-0.1, -0.05) is 55.9 Å². The predicted molar refractivity (Wildman–Crippen MR) is 65.4 cm³/mol. The van der Waals surface area contributed by atoms with E-state index in [2.05, 4.69) is 24.4 Å². The van der Waals surface area contributed by atoms with Gasteiger partial charge in [0.2, 0.25) is 0 Å². The van der Waals surface area contributed by atoms with Crippen molar-refractivity contribution in [1.29, 1.82) is 0 Å². The zero-order valence-electron chi connectivity index (χ0n) is 8.62. The average Bonchev–Trinajstić information content (AvgIpc) is 2.25. The third kappa shape index (κ3) is 4.38. The number of benzene rings is 1. The van der Waals surface area contributed by atoms with Crippen molar-refractivity contribution < 1.29 is 0 Å². The Hall–Kier alpha value is -0.890. The highest BCUT2D eigenvalue weighted by Gasteiger charge is 1.95. The molecule has 0 aliphatic carbocycles. The van der Waals surface area contributed by atoms with Gasteiger partial charge in [0.1, 0.15) is 0 Å². The van der Waals surface area contributed by atoms with E-state index in [1.54, 1.807) is 0 Å². The number of rotatable bonds is 5. The molecule has 0 amide bonds. The van der Waals surface area contributed by atoms with Gasteiger partial charge >= 0.3 is 0 Å². The van der Waals surface area contributed by atoms with Crippen LogP contribution in [0.2, 0.25) is 0 Å². The van der Waals surface area contributed by atoms with Crippen LogP contribution in [0.3, 0.4) is 0 Å². The summed E-state index contributed by atoms with van der Waals surface area (Å²) in [5.74, 6) is 0. The smallest absolute Gasteiger partial charge is 0.0756 e. The Labute approximate surface area is 91.5 Å². The minimum absolute atomic E-state index is 0.851. The molecule has 0 unspecified atom stereocenters. The molecule has 0 atom stereocenters. The highest BCUT2D eigenvalue weighted by molar-refractivity contribution is 7.80. The topological polar surface area (TPSA) is 12.0 Å². The second-order valence-corrected chi connectivity index (χ2v) is 3.86. The van der Waals surface area contributed by atoms with E-state index in [-0.39, 0.29) is 0 Å². The summed E-state index contributed by atoms with van der Waals surface area (Å²) in [7, 11) is 0. The van der Waals surface area contributed by atoms with E-state index in [9.17, 15) is 0 Å². The van der Waals surface area contributed by atoms with Gasteiger partial charge in [-0.2, -0.15) is 0 Å². The molecular weight excluding hydrogens is 190 g/mol. The Kier molecular flexibility index (Phi) is 5.23. The Morgan fingerprint density at radius 3 is 2.64 bits per heavy atom. The Bertz CT molecular complexity index is 269. The molecule has 1 rings (SSSR count). The lowest BCUT2D eigenvalue weighted by Crippen LogP contribution is -2.20. The first-order valence-electron chi connectivity index (χ1n) is 5.13. The van der Waals surface area contributed by atoms with E-state index >= 15 is 0 Å². The Morgan fingerprint density at radius 2 is 2.00 bits per heavy atom. The molecular formula is C12H17NS. The van der Waals surface area contributed by atoms with E-state index in [1.165, 1.54) is 18.4 Å². The van der Waals surface area contributed by atoms with E-state index in [4.69, 9.17) is 12.2 Å². The van der Waals surface area contributed by atoms with Crippen LogP contribution >= 0.6 is 12.2 Å². The highest BCUT2D eigenvalue weighted by atomic mass is 32.1. The maximum atomic E-state index is 5.21. The molecule has 0 saturated heterocycles. The molecule has 0 aromatic heterocycles. The standard InChI is InChI=1S/C12H17NS/c1-2-3-9-12(14)13-10-11-7-5-4-6-8-11/h4-8H,2-3,9-10H2,1H3,(H,13,14). The molecule has 1 aromatic rings. The first-order valence-corrected chi connectivity index (χ1v) is 5.54. The molecule has 0 spiro atoms. The van der Waals surface area contributed by atoms with Gasteiger partial charge in [0.05, 0.1) is 4.99 Å². The Balaban J connectivity index is 2.24. The molecule has 0 aliphatic heterocycles. The second kappa shape index (κ2) is 6.55. The SMILES string of the molecule is CCCCC(=S)NCc1ccccc1. The third-order valence-electron chi connectivity index (χ3n) is 2.09. The maximum Gasteiger partial charge on any atom is 0.0756 e. The molecule has 0 bridgehead atoms. The summed E-state index contributed by atoms with van der Waals surface area (Å²) in [6.07, 6.45) is 3.40. The summed E-state index contributed by atoms with van der Waals surface area (Å²) < 4.78 is 0. The lowest BCUT2D eigenvalue weighted by atomic mass is 10.2. The van der Waals surface area contributed by atoms with Gasteiger partial charge in [-0.15, -0.1) is 0 Å². The zero-order chi connectivity index (χ0) is 10.2. The van der Waals surface area contributed by atoms with Gasteiger partial charge in [0, 0.05) is 6.54 Å². The average molecular weight is 207 g/mol. The van der Waals surface area contributed by atoms with Gasteiger partial charge in [-0.25, -0.2) is 0 Å². The molecule has 76 valence electrons. The molecule has 0 heterocycles. The van der Waals surface area contributed by atoms with Gasteiger partial charge in [0.15, 0.2) is 0 Å². The summed E-state index contributed by atoms with van der Waals surface area (Å²) in [4.78, 5) is 0.982. The summed E-state index contributed by atoms with van der Waals surface area (Å²) >= 11 is 5.21. The van der Waals surface area contributed by atoms with Crippen LogP contribution in [0, 0.1) is 0 Å². The van der Waals surface area contributed by atoms with Crippen LogP contribution in [0.25, 0.3) is 0 Å². The normalized spacial score (nSPS) is 9.79. The fourth-order valence-corrected chi connectivity index (χ4v) is 1.44. The fraction of sp³-hybridized carbons (Fsp3) is 0.417. The summed E-state index contributed by atoms with van der Waals surface area (Å²) in [6.45, 7) is 3.03. The van der Waals surface area contributed by atoms with Crippen molar-refractivity contribution in [2.45, 2.75) is 32.7 Å². The number of hydrogen-bond donors (Lipinski definition) is 1. The van der Waals surface area contributed by atoms with Crippen molar-refractivity contribution in [3.8, 4) is 0 Å². The summed E-state index contributed by atoms with van der Waals surface area (Å²) in [5, 5.41) is 3.27. The van der Waals surface area contributed by atoms with Crippen molar-refractivity contribution in [3.63, 3.8) is 0 Å². The fourth-order valence-electron chi connectivity index (χ4n) is 1.22. The van der Waals surface area contributed by atoms with E-state index in [0.717, 1.165) is 18.0 Å². The van der Waals surface area contributed by atoms with E-state index < -0.39 is 0 Å². The van der Waals surface area contributed by atoms with Gasteiger partial charge in [-0.05, 0) is 18.4 Å². The van der Waals surface area contributed by atoms with Crippen LogP contribution in [0.1, 0.15) is 31.7 Å². The monoisotopic (exact) mass is 207 g/mol. The molecule has 1 nitrogen and oxygen atoms in total. The van der Waals surface area contributed by atoms with Crippen molar-refractivity contribution in [3.05, 3.63) is 35.9 Å². The van der Waals surface area contributed by atoms with Gasteiger partial charge in [-0.3, -0.25) is 0 Å². The molecule has 14 heavy (non-hydrogen) atoms. The van der Waals surface area contributed by atoms with E-state index in [1.807, 2.05) is 18.2 Å². The number of thiocarbonyl (C=S) groups is 1. The Morgan fingerprint density at radius 1 is 1.29 bits per heavy atom. The number of hydrogen-bond acceptors (Lipinski definition) is 1. The summed E-state index contributed by atoms with van der Waals surface area (Å²) in [6, 6.07) is 10.3. The first-order chi connectivity index (χ1) is 6.83. The maximum absolute atomic E-state index is 5.21. The van der Waals surface area contributed by atoms with Crippen LogP contribution in [0.4, 0.5) is 0 Å². The minimum atomic E-state index is 0.851. The van der Waals surface area contributed by atoms with Crippen LogP contribution < -0.4 is 5.32 Å². The molecule has 0 saturated carbocycles. The van der Waals surface area contributed by atoms with Crippen molar-refractivity contribution in [2.24, 2.45) is 0 Å². The minimum Gasteiger partial charge on any atom is -0.376 e. The van der Waals surface area contributed by atoms with Gasteiger partial charge in [0.25, 0.3) is 0 Å². The highest BCUT2D eigenvalue weighted by Crippen LogP contribution is 1.99. The van der Waals surface area contributed by atoms with Crippen molar-refractivity contribution in [1.82, 2.24) is 5.32 Å². The van der Waals surface area contributed by atoms with Gasteiger partial charge < -0.3 is 5.32 Å². The third-order valence-corrected chi connectivity index (χ3v) is 2.44. The molecule has 0 radical (unpaired) electrons. The lowest BCUT2D eigenvalue weighted by Gasteiger charge is -2.06. The second-order valence-electron chi connectivity index (χ2n) is 3.37.